The predicted molar refractivity (Wildman–Crippen MR) is 191 cm³/mol. The van der Waals surface area contributed by atoms with Crippen molar-refractivity contribution in [3.8, 4) is 5.75 Å². The first-order valence-electron chi connectivity index (χ1n) is 16.6. The molecule has 49 heavy (non-hydrogen) atoms. The van der Waals surface area contributed by atoms with Gasteiger partial charge in [-0.3, -0.25) is 15.0 Å². The average molecular weight is 688 g/mol. The normalized spacial score (nSPS) is 16.7. The van der Waals surface area contributed by atoms with Crippen LogP contribution in [-0.2, 0) is 30.5 Å². The van der Waals surface area contributed by atoms with Crippen molar-refractivity contribution in [2.45, 2.75) is 39.2 Å². The summed E-state index contributed by atoms with van der Waals surface area (Å²) < 4.78 is 15.8. The second kappa shape index (κ2) is 18.0. The number of carbonyl (C=O) groups is 3. The number of piperidine rings is 1. The number of nitrogens with zero attached hydrogens (tertiary/aromatic N) is 4. The first-order chi connectivity index (χ1) is 23.9. The fourth-order valence-electron chi connectivity index (χ4n) is 5.58. The van der Waals surface area contributed by atoms with Crippen LogP contribution in [0, 0.1) is 0 Å². The number of ether oxygens (including phenoxy) is 3. The molecule has 0 atom stereocenters. The molecule has 12 heteroatoms. The van der Waals surface area contributed by atoms with Crippen molar-refractivity contribution in [1.29, 1.82) is 0 Å². The van der Waals surface area contributed by atoms with Gasteiger partial charge in [-0.2, -0.15) is 5.10 Å². The molecular formula is C37H42ClN5O6. The number of hydrazone groups is 1. The van der Waals surface area contributed by atoms with Crippen molar-refractivity contribution in [3.05, 3.63) is 96.2 Å². The van der Waals surface area contributed by atoms with Gasteiger partial charge in [0.1, 0.15) is 12.4 Å². The van der Waals surface area contributed by atoms with Crippen molar-refractivity contribution < 1.29 is 28.6 Å². The third-order valence-corrected chi connectivity index (χ3v) is 8.37. The standard InChI is InChI=1S/C20H25N3O3.C17H17ClN2O3/c24-19-5-1-2-10-22(19)16-6-8-17(9-7-16)23-11-3-4-18(20(23)25)21-12-14-26-15-13-21;1-2-22-17(21)16(18)20-19-14-8-10-15(11-9-14)23-12-13-6-4-3-5-7-13/h4,6-9H,1-3,5,10-15H2;3-11,19H,2,12H2,1H3/b;20-16-. The van der Waals surface area contributed by atoms with Crippen LogP contribution in [0.5, 0.6) is 5.75 Å². The van der Waals surface area contributed by atoms with Crippen molar-refractivity contribution in [2.24, 2.45) is 5.10 Å². The van der Waals surface area contributed by atoms with E-state index in [0.717, 1.165) is 67.3 Å². The highest BCUT2D eigenvalue weighted by molar-refractivity contribution is 6.82. The van der Waals surface area contributed by atoms with Gasteiger partial charge in [-0.05, 0) is 80.3 Å². The van der Waals surface area contributed by atoms with Crippen LogP contribution in [0.2, 0.25) is 0 Å². The highest BCUT2D eigenvalue weighted by atomic mass is 35.5. The van der Waals surface area contributed by atoms with E-state index < -0.39 is 5.97 Å². The first kappa shape index (κ1) is 35.4. The lowest BCUT2D eigenvalue weighted by Gasteiger charge is -2.35. The van der Waals surface area contributed by atoms with E-state index in [1.807, 2.05) is 70.5 Å². The van der Waals surface area contributed by atoms with Gasteiger partial charge in [0.25, 0.3) is 5.91 Å². The summed E-state index contributed by atoms with van der Waals surface area (Å²) in [5.74, 6) is 0.319. The molecule has 11 nitrogen and oxygen atoms in total. The molecule has 3 aliphatic rings. The summed E-state index contributed by atoms with van der Waals surface area (Å²) in [7, 11) is 0. The number of amides is 2. The second-order valence-corrected chi connectivity index (χ2v) is 11.8. The molecule has 0 unspecified atom stereocenters. The number of rotatable bonds is 10. The summed E-state index contributed by atoms with van der Waals surface area (Å²) >= 11 is 5.70. The second-order valence-electron chi connectivity index (χ2n) is 11.5. The van der Waals surface area contributed by atoms with E-state index >= 15 is 0 Å². The van der Waals surface area contributed by atoms with Crippen molar-refractivity contribution in [3.63, 3.8) is 0 Å². The number of hydrogen-bond acceptors (Lipinski definition) is 9. The highest BCUT2D eigenvalue weighted by Crippen LogP contribution is 2.27. The zero-order chi connectivity index (χ0) is 34.4. The van der Waals surface area contributed by atoms with Crippen LogP contribution in [0.15, 0.2) is 95.7 Å². The number of esters is 1. The van der Waals surface area contributed by atoms with Crippen LogP contribution in [0.1, 0.15) is 38.2 Å². The Bertz CT molecular complexity index is 1610. The SMILES string of the molecule is CCOC(=O)/C(Cl)=N/Nc1ccc(OCc2ccccc2)cc1.O=C1CCCCN1c1ccc(N2CCC=C(N3CCOCC3)C2=O)cc1. The van der Waals surface area contributed by atoms with Gasteiger partial charge in [-0.25, -0.2) is 4.79 Å². The Balaban J connectivity index is 0.000000193. The third kappa shape index (κ3) is 10.1. The predicted octanol–water partition coefficient (Wildman–Crippen LogP) is 5.95. The Labute approximate surface area is 292 Å². The maximum Gasteiger partial charge on any atom is 0.370 e. The van der Waals surface area contributed by atoms with E-state index in [1.54, 1.807) is 31.2 Å². The molecule has 2 amide bonds. The zero-order valence-corrected chi connectivity index (χ0v) is 28.4. The molecule has 2 fully saturated rings. The molecule has 6 rings (SSSR count). The summed E-state index contributed by atoms with van der Waals surface area (Å²) in [6.45, 7) is 6.79. The molecule has 3 aromatic carbocycles. The Morgan fingerprint density at radius 3 is 2.24 bits per heavy atom. The summed E-state index contributed by atoms with van der Waals surface area (Å²) in [5, 5.41) is 3.50. The summed E-state index contributed by atoms with van der Waals surface area (Å²) in [4.78, 5) is 42.2. The molecule has 1 N–H and O–H groups in total. The Morgan fingerprint density at radius 1 is 0.878 bits per heavy atom. The summed E-state index contributed by atoms with van der Waals surface area (Å²) in [6, 6.07) is 24.9. The molecule has 2 saturated heterocycles. The minimum Gasteiger partial charge on any atom is -0.489 e. The molecule has 0 bridgehead atoms. The fraction of sp³-hybridized carbons (Fsp3) is 0.351. The molecule has 0 aromatic heterocycles. The van der Waals surface area contributed by atoms with Crippen molar-refractivity contribution >= 4 is 51.6 Å². The van der Waals surface area contributed by atoms with E-state index in [-0.39, 0.29) is 23.6 Å². The summed E-state index contributed by atoms with van der Waals surface area (Å²) in [6.07, 6.45) is 5.55. The van der Waals surface area contributed by atoms with Gasteiger partial charge in [0.2, 0.25) is 11.1 Å². The first-order valence-corrected chi connectivity index (χ1v) is 17.0. The van der Waals surface area contributed by atoms with Gasteiger partial charge >= 0.3 is 5.97 Å². The molecule has 0 spiro atoms. The molecule has 3 aliphatic heterocycles. The molecule has 3 heterocycles. The van der Waals surface area contributed by atoms with E-state index in [4.69, 9.17) is 25.8 Å². The van der Waals surface area contributed by atoms with Crippen LogP contribution in [-0.4, -0.2) is 73.9 Å². The summed E-state index contributed by atoms with van der Waals surface area (Å²) in [5.41, 5.74) is 7.06. The number of carbonyl (C=O) groups excluding carboxylic acids is 3. The van der Waals surface area contributed by atoms with Gasteiger partial charge in [-0.1, -0.05) is 48.0 Å². The zero-order valence-electron chi connectivity index (χ0n) is 27.7. The topological polar surface area (TPSA) is 113 Å². The number of halogens is 1. The van der Waals surface area contributed by atoms with Gasteiger partial charge in [0.05, 0.1) is 31.2 Å². The van der Waals surface area contributed by atoms with Crippen LogP contribution in [0.4, 0.5) is 17.1 Å². The minimum atomic E-state index is -0.663. The van der Waals surface area contributed by atoms with Gasteiger partial charge in [-0.15, -0.1) is 0 Å². The number of nitrogens with one attached hydrogen (secondary N) is 1. The number of hydrogen-bond donors (Lipinski definition) is 1. The van der Waals surface area contributed by atoms with Crippen molar-refractivity contribution in [1.82, 2.24) is 4.90 Å². The van der Waals surface area contributed by atoms with Crippen molar-refractivity contribution in [2.75, 3.05) is 61.2 Å². The smallest absolute Gasteiger partial charge is 0.370 e. The van der Waals surface area contributed by atoms with Crippen LogP contribution in [0.3, 0.4) is 0 Å². The largest absolute Gasteiger partial charge is 0.489 e. The fourth-order valence-corrected chi connectivity index (χ4v) is 5.68. The molecular weight excluding hydrogens is 646 g/mol. The van der Waals surface area contributed by atoms with Gasteiger partial charge in [0.15, 0.2) is 0 Å². The molecule has 0 saturated carbocycles. The van der Waals surface area contributed by atoms with E-state index in [1.165, 1.54) is 0 Å². The van der Waals surface area contributed by atoms with Crippen LogP contribution < -0.4 is 20.0 Å². The van der Waals surface area contributed by atoms with E-state index in [0.29, 0.717) is 38.5 Å². The van der Waals surface area contributed by atoms with Gasteiger partial charge in [0, 0.05) is 44.0 Å². The average Bonchev–Trinajstić information content (AvgIpc) is 3.15. The van der Waals surface area contributed by atoms with Gasteiger partial charge < -0.3 is 28.9 Å². The monoisotopic (exact) mass is 687 g/mol. The van der Waals surface area contributed by atoms with E-state index in [2.05, 4.69) is 15.4 Å². The maximum absolute atomic E-state index is 13.0. The third-order valence-electron chi connectivity index (χ3n) is 8.13. The lowest BCUT2D eigenvalue weighted by atomic mass is 10.1. The Morgan fingerprint density at radius 2 is 1.57 bits per heavy atom. The van der Waals surface area contributed by atoms with Crippen LogP contribution in [0.25, 0.3) is 0 Å². The Kier molecular flexibility index (Phi) is 13.1. The molecule has 0 aliphatic carbocycles. The minimum absolute atomic E-state index is 0.0555. The number of anilines is 3. The number of benzene rings is 3. The molecule has 258 valence electrons. The highest BCUT2D eigenvalue weighted by Gasteiger charge is 2.28. The number of morpholine rings is 1. The molecule has 3 aromatic rings. The molecule has 0 radical (unpaired) electrons. The van der Waals surface area contributed by atoms with E-state index in [9.17, 15) is 14.4 Å². The Hall–Kier alpha value is -4.87. The lowest BCUT2D eigenvalue weighted by Crippen LogP contribution is -2.45. The maximum atomic E-state index is 13.0. The lowest BCUT2D eigenvalue weighted by molar-refractivity contribution is -0.134. The quantitative estimate of drug-likeness (QED) is 0.158. The van der Waals surface area contributed by atoms with Crippen LogP contribution >= 0.6 is 11.6 Å².